The van der Waals surface area contributed by atoms with Crippen molar-refractivity contribution in [1.29, 1.82) is 0 Å². The molecule has 0 saturated heterocycles. The number of hydrogen-bond acceptors (Lipinski definition) is 4. The maximum atomic E-state index is 12.6. The molecule has 2 aromatic rings. The molecule has 3 rings (SSSR count). The molecule has 138 valence electrons. The maximum absolute atomic E-state index is 12.6. The highest BCUT2D eigenvalue weighted by atomic mass is 32.2. The van der Waals surface area contributed by atoms with Crippen molar-refractivity contribution in [3.8, 4) is 0 Å². The molecule has 1 N–H and O–H groups in total. The van der Waals surface area contributed by atoms with Crippen molar-refractivity contribution in [1.82, 2.24) is 4.90 Å². The van der Waals surface area contributed by atoms with Crippen molar-refractivity contribution >= 4 is 21.4 Å². The van der Waals surface area contributed by atoms with Gasteiger partial charge in [0.15, 0.2) is 9.84 Å². The largest absolute Gasteiger partial charge is 0.322 e. The van der Waals surface area contributed by atoms with E-state index in [0.29, 0.717) is 12.0 Å². The van der Waals surface area contributed by atoms with Gasteiger partial charge in [-0.25, -0.2) is 8.42 Å². The Kier molecular flexibility index (Phi) is 5.16. The fourth-order valence-electron chi connectivity index (χ4n) is 3.31. The highest BCUT2D eigenvalue weighted by Crippen LogP contribution is 2.23. The molecule has 0 saturated carbocycles. The molecule has 0 aromatic heterocycles. The van der Waals surface area contributed by atoms with E-state index in [0.717, 1.165) is 30.8 Å². The van der Waals surface area contributed by atoms with E-state index in [9.17, 15) is 13.2 Å². The molecule has 26 heavy (non-hydrogen) atoms. The van der Waals surface area contributed by atoms with Crippen LogP contribution in [0.15, 0.2) is 41.3 Å². The van der Waals surface area contributed by atoms with Crippen molar-refractivity contribution in [3.63, 3.8) is 0 Å². The van der Waals surface area contributed by atoms with Gasteiger partial charge in [-0.1, -0.05) is 19.1 Å². The van der Waals surface area contributed by atoms with Crippen molar-refractivity contribution in [2.24, 2.45) is 0 Å². The number of benzene rings is 2. The number of nitrogens with zero attached hydrogens (tertiary/aromatic N) is 1. The van der Waals surface area contributed by atoms with Crippen LogP contribution in [0.1, 0.15) is 34.0 Å². The van der Waals surface area contributed by atoms with Gasteiger partial charge in [-0.05, 0) is 60.8 Å². The summed E-state index contributed by atoms with van der Waals surface area (Å²) in [5.74, 6) is -0.304. The van der Waals surface area contributed by atoms with Gasteiger partial charge in [0.2, 0.25) is 0 Å². The average Bonchev–Trinajstić information content (AvgIpc) is 2.60. The number of anilines is 1. The van der Waals surface area contributed by atoms with E-state index in [-0.39, 0.29) is 10.8 Å². The molecule has 0 unspecified atom stereocenters. The van der Waals surface area contributed by atoms with Crippen molar-refractivity contribution in [2.75, 3.05) is 25.2 Å². The molecule has 0 spiro atoms. The lowest BCUT2D eigenvalue weighted by Gasteiger charge is -2.25. The molecule has 1 aliphatic rings. The zero-order valence-corrected chi connectivity index (χ0v) is 16.2. The second-order valence-electron chi connectivity index (χ2n) is 6.87. The predicted octanol–water partition coefficient (Wildman–Crippen LogP) is 2.89. The van der Waals surface area contributed by atoms with Crippen LogP contribution >= 0.6 is 0 Å². The van der Waals surface area contributed by atoms with Gasteiger partial charge in [0, 0.05) is 30.6 Å². The fraction of sp³-hybridized carbons (Fsp3) is 0.350. The number of carbonyl (C=O) groups excluding carboxylic acids is 1. The number of sulfone groups is 1. The van der Waals surface area contributed by atoms with Gasteiger partial charge in [0.1, 0.15) is 0 Å². The number of nitrogens with one attached hydrogen (secondary N) is 1. The number of aryl methyl sites for hydroxylation is 1. The minimum atomic E-state index is -3.38. The van der Waals surface area contributed by atoms with Crippen LogP contribution in [0.5, 0.6) is 0 Å². The number of likely N-dealkylation sites (N-methyl/N-ethyl adjacent to an activating group) is 1. The van der Waals surface area contributed by atoms with Crippen LogP contribution in [0.3, 0.4) is 0 Å². The Balaban J connectivity index is 1.86. The Morgan fingerprint density at radius 3 is 2.62 bits per heavy atom. The third-order valence-electron chi connectivity index (χ3n) is 4.78. The standard InChI is InChI=1S/C20H24N2O3S/c1-4-14-5-6-16(12-19(14)26(3,24)25)20(23)21-18-8-7-15-9-10-22(2)13-17(15)11-18/h5-8,11-12H,4,9-10,13H2,1-3H3,(H,21,23). The SMILES string of the molecule is CCc1ccc(C(=O)Nc2ccc3c(c2)CN(C)CC3)cc1S(C)(=O)=O. The van der Waals surface area contributed by atoms with Gasteiger partial charge in [-0.15, -0.1) is 0 Å². The molecule has 1 amide bonds. The minimum absolute atomic E-state index is 0.222. The van der Waals surface area contributed by atoms with Crippen molar-refractivity contribution in [3.05, 3.63) is 58.7 Å². The summed E-state index contributed by atoms with van der Waals surface area (Å²) in [6.07, 6.45) is 2.78. The smallest absolute Gasteiger partial charge is 0.255 e. The topological polar surface area (TPSA) is 66.5 Å². The molecular formula is C20H24N2O3S. The maximum Gasteiger partial charge on any atom is 0.255 e. The highest BCUT2D eigenvalue weighted by Gasteiger charge is 2.17. The van der Waals surface area contributed by atoms with Crippen molar-refractivity contribution < 1.29 is 13.2 Å². The number of rotatable bonds is 4. The van der Waals surface area contributed by atoms with E-state index in [1.165, 1.54) is 23.4 Å². The van der Waals surface area contributed by atoms with E-state index in [1.54, 1.807) is 12.1 Å². The minimum Gasteiger partial charge on any atom is -0.322 e. The Labute approximate surface area is 154 Å². The lowest BCUT2D eigenvalue weighted by atomic mass is 9.99. The van der Waals surface area contributed by atoms with E-state index in [1.807, 2.05) is 19.1 Å². The Morgan fingerprint density at radius 2 is 1.92 bits per heavy atom. The van der Waals surface area contributed by atoms with E-state index in [2.05, 4.69) is 23.3 Å². The Hall–Kier alpha value is -2.18. The summed E-state index contributed by atoms with van der Waals surface area (Å²) in [4.78, 5) is 15.1. The second-order valence-corrected chi connectivity index (χ2v) is 8.86. The number of amides is 1. The van der Waals surface area contributed by atoms with Crippen LogP contribution < -0.4 is 5.32 Å². The number of fused-ring (bicyclic) bond motifs is 1. The molecule has 6 heteroatoms. The molecule has 0 atom stereocenters. The lowest BCUT2D eigenvalue weighted by molar-refractivity contribution is 0.102. The van der Waals surface area contributed by atoms with Crippen LogP contribution in [0.25, 0.3) is 0 Å². The van der Waals surface area contributed by atoms with Crippen molar-refractivity contribution in [2.45, 2.75) is 31.2 Å². The molecule has 1 heterocycles. The molecule has 0 fully saturated rings. The zero-order chi connectivity index (χ0) is 18.9. The van der Waals surface area contributed by atoms with Crippen LogP contribution in [0.4, 0.5) is 5.69 Å². The summed E-state index contributed by atoms with van der Waals surface area (Å²) in [7, 11) is -1.30. The average molecular weight is 372 g/mol. The van der Waals surface area contributed by atoms with Crippen LogP contribution in [-0.4, -0.2) is 39.1 Å². The normalized spacial score (nSPS) is 14.7. The quantitative estimate of drug-likeness (QED) is 0.896. The first-order valence-electron chi connectivity index (χ1n) is 8.72. The van der Waals surface area contributed by atoms with E-state index >= 15 is 0 Å². The molecule has 0 aliphatic carbocycles. The number of carbonyl (C=O) groups is 1. The number of hydrogen-bond donors (Lipinski definition) is 1. The summed E-state index contributed by atoms with van der Waals surface area (Å²) < 4.78 is 24.0. The predicted molar refractivity (Wildman–Crippen MR) is 103 cm³/mol. The summed E-state index contributed by atoms with van der Waals surface area (Å²) >= 11 is 0. The molecular weight excluding hydrogens is 348 g/mol. The van der Waals surface area contributed by atoms with Gasteiger partial charge in [-0.3, -0.25) is 4.79 Å². The first kappa shape index (κ1) is 18.6. The summed E-state index contributed by atoms with van der Waals surface area (Å²) in [6, 6.07) is 10.8. The fourth-order valence-corrected chi connectivity index (χ4v) is 4.34. The van der Waals surface area contributed by atoms with Crippen LogP contribution in [-0.2, 0) is 29.2 Å². The van der Waals surface area contributed by atoms with E-state index < -0.39 is 9.84 Å². The third-order valence-corrected chi connectivity index (χ3v) is 5.96. The van der Waals surface area contributed by atoms with Crippen LogP contribution in [0.2, 0.25) is 0 Å². The molecule has 0 radical (unpaired) electrons. The van der Waals surface area contributed by atoms with Gasteiger partial charge in [-0.2, -0.15) is 0 Å². The monoisotopic (exact) mass is 372 g/mol. The molecule has 1 aliphatic heterocycles. The second kappa shape index (κ2) is 7.21. The summed E-state index contributed by atoms with van der Waals surface area (Å²) in [5.41, 5.74) is 4.32. The molecule has 0 bridgehead atoms. The first-order valence-corrected chi connectivity index (χ1v) is 10.6. The lowest BCUT2D eigenvalue weighted by Crippen LogP contribution is -2.26. The Bertz CT molecular complexity index is 952. The summed E-state index contributed by atoms with van der Waals surface area (Å²) in [6.45, 7) is 3.80. The van der Waals surface area contributed by atoms with Gasteiger partial charge < -0.3 is 10.2 Å². The Morgan fingerprint density at radius 1 is 1.15 bits per heavy atom. The van der Waals surface area contributed by atoms with Crippen LogP contribution in [0, 0.1) is 0 Å². The zero-order valence-electron chi connectivity index (χ0n) is 15.4. The van der Waals surface area contributed by atoms with E-state index in [4.69, 9.17) is 0 Å². The highest BCUT2D eigenvalue weighted by molar-refractivity contribution is 7.90. The first-order chi connectivity index (χ1) is 12.3. The molecule has 2 aromatic carbocycles. The van der Waals surface area contributed by atoms with Gasteiger partial charge in [0.05, 0.1) is 4.90 Å². The van der Waals surface area contributed by atoms with Gasteiger partial charge in [0.25, 0.3) is 5.91 Å². The van der Waals surface area contributed by atoms with Gasteiger partial charge >= 0.3 is 0 Å². The third kappa shape index (κ3) is 3.97. The summed E-state index contributed by atoms with van der Waals surface area (Å²) in [5, 5.41) is 2.89. The molecule has 5 nitrogen and oxygen atoms in total.